The fourth-order valence-electron chi connectivity index (χ4n) is 2.22. The molecule has 0 aliphatic heterocycles. The van der Waals surface area contributed by atoms with Crippen LogP contribution in [0.5, 0.6) is 0 Å². The molecule has 3 aromatic heterocycles. The summed E-state index contributed by atoms with van der Waals surface area (Å²) in [5.41, 5.74) is 7.83. The molecule has 0 spiro atoms. The molecule has 8 heteroatoms. The van der Waals surface area contributed by atoms with Gasteiger partial charge in [-0.3, -0.25) is 0 Å². The van der Waals surface area contributed by atoms with Crippen molar-refractivity contribution in [2.45, 2.75) is 0 Å². The van der Waals surface area contributed by atoms with Crippen molar-refractivity contribution in [3.8, 4) is 11.3 Å². The summed E-state index contributed by atoms with van der Waals surface area (Å²) < 4.78 is 5.31. The largest absolute Gasteiger partial charge is 0.378 e. The molecule has 0 unspecified atom stereocenters. The molecule has 0 saturated carbocycles. The molecule has 0 amide bonds. The average Bonchev–Trinajstić information content (AvgIpc) is 2.98. The summed E-state index contributed by atoms with van der Waals surface area (Å²) in [7, 11) is 0. The van der Waals surface area contributed by atoms with Crippen LogP contribution in [0.3, 0.4) is 0 Å². The number of nitrogens with two attached hydrogens (primary N) is 1. The Bertz CT molecular complexity index is 790. The monoisotopic (exact) mass is 332 g/mol. The van der Waals surface area contributed by atoms with Crippen LogP contribution in [0.4, 0.5) is 5.95 Å². The second kappa shape index (κ2) is 7.36. The Balaban J connectivity index is 1.80. The number of ether oxygens (including phenoxy) is 1. The molecule has 0 aliphatic rings. The van der Waals surface area contributed by atoms with E-state index in [0.29, 0.717) is 37.4 Å². The van der Waals surface area contributed by atoms with Gasteiger partial charge in [0.25, 0.3) is 0 Å². The van der Waals surface area contributed by atoms with Crippen molar-refractivity contribution >= 4 is 28.6 Å². The standard InChI is InChI=1S/C15H17ClN6O/c16-13-8-12(11-9-20-14-10(11)2-1-4-18-14)21-15(22-13)19-5-7-23-6-3-17/h1-2,4,8-9H,3,5-7,17H2,(H,18,20)(H,19,21,22). The summed E-state index contributed by atoms with van der Waals surface area (Å²) in [5, 5.41) is 4.46. The van der Waals surface area contributed by atoms with Gasteiger partial charge in [0.05, 0.1) is 18.9 Å². The number of rotatable bonds is 7. The van der Waals surface area contributed by atoms with Crippen molar-refractivity contribution in [2.75, 3.05) is 31.6 Å². The minimum atomic E-state index is 0.374. The molecule has 3 rings (SSSR count). The van der Waals surface area contributed by atoms with E-state index in [-0.39, 0.29) is 0 Å². The summed E-state index contributed by atoms with van der Waals surface area (Å²) in [6.45, 7) is 2.15. The molecule has 0 radical (unpaired) electrons. The first kappa shape index (κ1) is 15.7. The maximum atomic E-state index is 6.12. The van der Waals surface area contributed by atoms with Crippen LogP contribution in [-0.4, -0.2) is 46.2 Å². The Morgan fingerprint density at radius 2 is 2.22 bits per heavy atom. The maximum Gasteiger partial charge on any atom is 0.224 e. The Morgan fingerprint density at radius 3 is 3.09 bits per heavy atom. The number of anilines is 1. The van der Waals surface area contributed by atoms with Gasteiger partial charge in [-0.05, 0) is 12.1 Å². The lowest BCUT2D eigenvalue weighted by Gasteiger charge is -2.07. The molecule has 3 aromatic rings. The molecule has 0 saturated heterocycles. The average molecular weight is 333 g/mol. The number of hydrogen-bond acceptors (Lipinski definition) is 6. The van der Waals surface area contributed by atoms with Gasteiger partial charge in [0.1, 0.15) is 10.8 Å². The van der Waals surface area contributed by atoms with Crippen molar-refractivity contribution in [3.63, 3.8) is 0 Å². The number of nitrogens with one attached hydrogen (secondary N) is 2. The van der Waals surface area contributed by atoms with Gasteiger partial charge in [0.15, 0.2) is 0 Å². The molecule has 120 valence electrons. The van der Waals surface area contributed by atoms with E-state index in [1.807, 2.05) is 18.3 Å². The lowest BCUT2D eigenvalue weighted by molar-refractivity contribution is 0.151. The van der Waals surface area contributed by atoms with E-state index >= 15 is 0 Å². The summed E-state index contributed by atoms with van der Waals surface area (Å²) in [4.78, 5) is 16.1. The second-order valence-electron chi connectivity index (χ2n) is 4.83. The highest BCUT2D eigenvalue weighted by molar-refractivity contribution is 6.29. The number of pyridine rings is 1. The van der Waals surface area contributed by atoms with Crippen molar-refractivity contribution in [3.05, 3.63) is 35.7 Å². The zero-order chi connectivity index (χ0) is 16.1. The number of aromatic amines is 1. The lowest BCUT2D eigenvalue weighted by atomic mass is 10.1. The molecular weight excluding hydrogens is 316 g/mol. The van der Waals surface area contributed by atoms with E-state index < -0.39 is 0 Å². The molecule has 0 aliphatic carbocycles. The number of aromatic nitrogens is 4. The van der Waals surface area contributed by atoms with Gasteiger partial charge < -0.3 is 20.8 Å². The number of H-pyrrole nitrogens is 1. The highest BCUT2D eigenvalue weighted by Gasteiger charge is 2.10. The van der Waals surface area contributed by atoms with Crippen molar-refractivity contribution < 1.29 is 4.74 Å². The molecule has 4 N–H and O–H groups in total. The minimum Gasteiger partial charge on any atom is -0.378 e. The first-order valence-electron chi connectivity index (χ1n) is 7.26. The van der Waals surface area contributed by atoms with Crippen LogP contribution in [0.2, 0.25) is 5.15 Å². The third kappa shape index (κ3) is 3.76. The van der Waals surface area contributed by atoms with Crippen LogP contribution in [0.15, 0.2) is 30.6 Å². The van der Waals surface area contributed by atoms with Gasteiger partial charge in [0, 0.05) is 42.5 Å². The van der Waals surface area contributed by atoms with Crippen molar-refractivity contribution in [1.82, 2.24) is 19.9 Å². The molecule has 0 bridgehead atoms. The molecular formula is C15H17ClN6O. The van der Waals surface area contributed by atoms with Crippen LogP contribution in [0, 0.1) is 0 Å². The zero-order valence-corrected chi connectivity index (χ0v) is 13.2. The Morgan fingerprint density at radius 1 is 1.30 bits per heavy atom. The first-order chi connectivity index (χ1) is 11.3. The highest BCUT2D eigenvalue weighted by Crippen LogP contribution is 2.28. The van der Waals surface area contributed by atoms with Crippen LogP contribution in [-0.2, 0) is 4.74 Å². The molecule has 0 aromatic carbocycles. The molecule has 3 heterocycles. The number of halogens is 1. The van der Waals surface area contributed by atoms with Crippen molar-refractivity contribution in [2.24, 2.45) is 5.73 Å². The fourth-order valence-corrected chi connectivity index (χ4v) is 2.41. The second-order valence-corrected chi connectivity index (χ2v) is 5.22. The number of hydrogen-bond donors (Lipinski definition) is 3. The van der Waals surface area contributed by atoms with E-state index in [2.05, 4.69) is 25.3 Å². The van der Waals surface area contributed by atoms with E-state index in [1.165, 1.54) is 0 Å². The van der Waals surface area contributed by atoms with Crippen LogP contribution in [0.25, 0.3) is 22.3 Å². The first-order valence-corrected chi connectivity index (χ1v) is 7.64. The summed E-state index contributed by atoms with van der Waals surface area (Å²) in [5.74, 6) is 0.460. The van der Waals surface area contributed by atoms with Gasteiger partial charge in [-0.25, -0.2) is 15.0 Å². The SMILES string of the molecule is NCCOCCNc1nc(Cl)cc(-c2c[nH]c3ncccc23)n1. The third-order valence-corrected chi connectivity index (χ3v) is 3.41. The molecule has 7 nitrogen and oxygen atoms in total. The smallest absolute Gasteiger partial charge is 0.224 e. The molecule has 0 fully saturated rings. The van der Waals surface area contributed by atoms with Gasteiger partial charge in [-0.15, -0.1) is 0 Å². The zero-order valence-electron chi connectivity index (χ0n) is 12.4. The Kier molecular flexibility index (Phi) is 5.02. The van der Waals surface area contributed by atoms with Gasteiger partial charge in [-0.1, -0.05) is 11.6 Å². The summed E-state index contributed by atoms with van der Waals surface area (Å²) in [6, 6.07) is 5.60. The number of fused-ring (bicyclic) bond motifs is 1. The van der Waals surface area contributed by atoms with Gasteiger partial charge in [-0.2, -0.15) is 0 Å². The molecule has 0 atom stereocenters. The van der Waals surface area contributed by atoms with Crippen molar-refractivity contribution in [1.29, 1.82) is 0 Å². The van der Waals surface area contributed by atoms with Crippen LogP contribution >= 0.6 is 11.6 Å². The van der Waals surface area contributed by atoms with Crippen LogP contribution < -0.4 is 11.1 Å². The predicted molar refractivity (Wildman–Crippen MR) is 90.5 cm³/mol. The predicted octanol–water partition coefficient (Wildman–Crippen LogP) is 2.06. The number of nitrogens with zero attached hydrogens (tertiary/aromatic N) is 3. The maximum absolute atomic E-state index is 6.12. The quantitative estimate of drug-likeness (QED) is 0.452. The van der Waals surface area contributed by atoms with E-state index in [0.717, 1.165) is 22.3 Å². The van der Waals surface area contributed by atoms with E-state index in [9.17, 15) is 0 Å². The third-order valence-electron chi connectivity index (χ3n) is 3.21. The summed E-state index contributed by atoms with van der Waals surface area (Å²) >= 11 is 6.12. The van der Waals surface area contributed by atoms with Crippen LogP contribution in [0.1, 0.15) is 0 Å². The normalized spacial score (nSPS) is 11.0. The van der Waals surface area contributed by atoms with Gasteiger partial charge >= 0.3 is 0 Å². The molecule has 23 heavy (non-hydrogen) atoms. The Labute approximate surface area is 138 Å². The summed E-state index contributed by atoms with van der Waals surface area (Å²) in [6.07, 6.45) is 3.61. The van der Waals surface area contributed by atoms with Gasteiger partial charge in [0.2, 0.25) is 5.95 Å². The van der Waals surface area contributed by atoms with E-state index in [4.69, 9.17) is 22.1 Å². The fraction of sp³-hybridized carbons (Fsp3) is 0.267. The minimum absolute atomic E-state index is 0.374. The lowest BCUT2D eigenvalue weighted by Crippen LogP contribution is -2.15. The Hall–Kier alpha value is -2.22. The highest BCUT2D eigenvalue weighted by atomic mass is 35.5. The van der Waals surface area contributed by atoms with E-state index in [1.54, 1.807) is 12.3 Å². The topological polar surface area (TPSA) is 102 Å².